The van der Waals surface area contributed by atoms with Gasteiger partial charge in [0.05, 0.1) is 11.6 Å². The Kier molecular flexibility index (Phi) is 7.50. The maximum absolute atomic E-state index is 14.0. The first-order valence-corrected chi connectivity index (χ1v) is 11.9. The van der Waals surface area contributed by atoms with Gasteiger partial charge in [0.25, 0.3) is 0 Å². The van der Waals surface area contributed by atoms with E-state index in [1.807, 2.05) is 72.5 Å². The van der Waals surface area contributed by atoms with Gasteiger partial charge in [-0.15, -0.1) is 0 Å². The highest BCUT2D eigenvalue weighted by Gasteiger charge is 2.43. The van der Waals surface area contributed by atoms with Crippen LogP contribution in [0.3, 0.4) is 0 Å². The standard InChI is InChI=1S/C29H30N2O5/c1-20(32)35-25-15-14-22(18-26(25)36-21(2)33)19-29(3)28(34)31(17-16-30-29)27(23-10-6-4-7-11-23)24-12-8-5-9-13-24/h4-15,18,27,30H,16-17,19H2,1-3H3. The Morgan fingerprint density at radius 1 is 0.889 bits per heavy atom. The number of carbonyl (C=O) groups excluding carboxylic acids is 3. The lowest BCUT2D eigenvalue weighted by Gasteiger charge is -2.44. The molecule has 7 nitrogen and oxygen atoms in total. The summed E-state index contributed by atoms with van der Waals surface area (Å²) in [5.41, 5.74) is 1.97. The third-order valence-electron chi connectivity index (χ3n) is 6.22. The summed E-state index contributed by atoms with van der Waals surface area (Å²) in [5.74, 6) is -0.770. The van der Waals surface area contributed by atoms with Gasteiger partial charge in [-0.25, -0.2) is 0 Å². The Hall–Kier alpha value is -3.97. The van der Waals surface area contributed by atoms with E-state index in [0.717, 1.165) is 16.7 Å². The molecule has 1 aliphatic heterocycles. The van der Waals surface area contributed by atoms with Crippen LogP contribution in [-0.2, 0) is 20.8 Å². The maximum Gasteiger partial charge on any atom is 0.308 e. The summed E-state index contributed by atoms with van der Waals surface area (Å²) < 4.78 is 10.5. The molecule has 0 saturated carbocycles. The van der Waals surface area contributed by atoms with Gasteiger partial charge in [-0.2, -0.15) is 0 Å². The minimum absolute atomic E-state index is 0.0236. The molecule has 7 heteroatoms. The molecular weight excluding hydrogens is 456 g/mol. The number of nitrogens with one attached hydrogen (secondary N) is 1. The van der Waals surface area contributed by atoms with Crippen LogP contribution in [0.5, 0.6) is 11.5 Å². The van der Waals surface area contributed by atoms with Crippen LogP contribution >= 0.6 is 0 Å². The van der Waals surface area contributed by atoms with Crippen molar-refractivity contribution >= 4 is 17.8 Å². The van der Waals surface area contributed by atoms with Crippen LogP contribution in [0.1, 0.15) is 43.5 Å². The molecule has 1 N–H and O–H groups in total. The van der Waals surface area contributed by atoms with Crippen molar-refractivity contribution in [3.63, 3.8) is 0 Å². The number of hydrogen-bond acceptors (Lipinski definition) is 6. The Bertz CT molecular complexity index is 1210. The Morgan fingerprint density at radius 3 is 2.00 bits per heavy atom. The quantitative estimate of drug-likeness (QED) is 0.401. The number of amides is 1. The van der Waals surface area contributed by atoms with Gasteiger partial charge < -0.3 is 19.7 Å². The average molecular weight is 487 g/mol. The van der Waals surface area contributed by atoms with Crippen molar-refractivity contribution in [3.8, 4) is 11.5 Å². The molecular formula is C29H30N2O5. The molecule has 186 valence electrons. The molecule has 1 fully saturated rings. The number of nitrogens with zero attached hydrogens (tertiary/aromatic N) is 1. The second-order valence-corrected chi connectivity index (χ2v) is 9.13. The van der Waals surface area contributed by atoms with Crippen molar-refractivity contribution in [3.05, 3.63) is 95.6 Å². The molecule has 3 aromatic rings. The summed E-state index contributed by atoms with van der Waals surface area (Å²) >= 11 is 0. The van der Waals surface area contributed by atoms with E-state index in [-0.39, 0.29) is 23.4 Å². The van der Waals surface area contributed by atoms with Crippen molar-refractivity contribution in [1.29, 1.82) is 0 Å². The molecule has 1 unspecified atom stereocenters. The first kappa shape index (κ1) is 25.1. The molecule has 3 aromatic carbocycles. The summed E-state index contributed by atoms with van der Waals surface area (Å²) in [6.45, 7) is 5.64. The molecule has 1 heterocycles. The second kappa shape index (κ2) is 10.7. The minimum atomic E-state index is -0.892. The van der Waals surface area contributed by atoms with Gasteiger partial charge in [-0.1, -0.05) is 66.7 Å². The van der Waals surface area contributed by atoms with Crippen LogP contribution in [-0.4, -0.2) is 41.4 Å². The average Bonchev–Trinajstić information content (AvgIpc) is 2.84. The van der Waals surface area contributed by atoms with Crippen molar-refractivity contribution in [2.24, 2.45) is 0 Å². The topological polar surface area (TPSA) is 84.9 Å². The van der Waals surface area contributed by atoms with E-state index < -0.39 is 17.5 Å². The highest BCUT2D eigenvalue weighted by Crippen LogP contribution is 2.34. The van der Waals surface area contributed by atoms with Gasteiger partial charge >= 0.3 is 11.9 Å². The summed E-state index contributed by atoms with van der Waals surface area (Å²) in [4.78, 5) is 39.0. The first-order valence-electron chi connectivity index (χ1n) is 11.9. The van der Waals surface area contributed by atoms with Gasteiger partial charge in [0.15, 0.2) is 11.5 Å². The largest absolute Gasteiger partial charge is 0.423 e. The van der Waals surface area contributed by atoms with Gasteiger partial charge in [-0.05, 0) is 42.2 Å². The summed E-state index contributed by atoms with van der Waals surface area (Å²) in [5, 5.41) is 3.40. The number of benzene rings is 3. The first-order chi connectivity index (χ1) is 17.3. The summed E-state index contributed by atoms with van der Waals surface area (Å²) in [6.07, 6.45) is 0.354. The number of ether oxygens (including phenoxy) is 2. The Balaban J connectivity index is 1.65. The number of piperazine rings is 1. The van der Waals surface area contributed by atoms with Crippen LogP contribution in [0, 0.1) is 0 Å². The van der Waals surface area contributed by atoms with E-state index in [9.17, 15) is 14.4 Å². The summed E-state index contributed by atoms with van der Waals surface area (Å²) in [6, 6.07) is 24.8. The van der Waals surface area contributed by atoms with Gasteiger partial charge in [0.1, 0.15) is 0 Å². The Labute approximate surface area is 211 Å². The fraction of sp³-hybridized carbons (Fsp3) is 0.276. The smallest absolute Gasteiger partial charge is 0.308 e. The van der Waals surface area contributed by atoms with Crippen LogP contribution in [0.15, 0.2) is 78.9 Å². The molecule has 0 spiro atoms. The van der Waals surface area contributed by atoms with Crippen molar-refractivity contribution < 1.29 is 23.9 Å². The highest BCUT2D eigenvalue weighted by molar-refractivity contribution is 5.88. The lowest BCUT2D eigenvalue weighted by molar-refractivity contribution is -0.142. The predicted molar refractivity (Wildman–Crippen MR) is 136 cm³/mol. The normalized spacial score (nSPS) is 17.7. The number of hydrogen-bond donors (Lipinski definition) is 1. The maximum atomic E-state index is 14.0. The van der Waals surface area contributed by atoms with Gasteiger partial charge in [0, 0.05) is 26.9 Å². The molecule has 1 amide bonds. The highest BCUT2D eigenvalue weighted by atomic mass is 16.6. The zero-order valence-corrected chi connectivity index (χ0v) is 20.7. The van der Waals surface area contributed by atoms with Crippen molar-refractivity contribution in [2.45, 2.75) is 38.8 Å². The lowest BCUT2D eigenvalue weighted by atomic mass is 9.87. The monoisotopic (exact) mass is 486 g/mol. The number of rotatable bonds is 7. The SMILES string of the molecule is CC(=O)Oc1ccc(CC2(C)NCCN(C(c3ccccc3)c3ccccc3)C2=O)cc1OC(C)=O. The third kappa shape index (κ3) is 5.63. The number of esters is 2. The molecule has 1 saturated heterocycles. The second-order valence-electron chi connectivity index (χ2n) is 9.13. The molecule has 1 aliphatic rings. The zero-order chi connectivity index (χ0) is 25.7. The number of carbonyl (C=O) groups is 3. The van der Waals surface area contributed by atoms with E-state index in [1.165, 1.54) is 13.8 Å². The summed E-state index contributed by atoms with van der Waals surface area (Å²) in [7, 11) is 0. The van der Waals surface area contributed by atoms with E-state index in [4.69, 9.17) is 9.47 Å². The zero-order valence-electron chi connectivity index (χ0n) is 20.7. The molecule has 0 bridgehead atoms. The molecule has 0 radical (unpaired) electrons. The predicted octanol–water partition coefficient (Wildman–Crippen LogP) is 4.06. The van der Waals surface area contributed by atoms with E-state index in [0.29, 0.717) is 19.5 Å². The van der Waals surface area contributed by atoms with Crippen molar-refractivity contribution in [1.82, 2.24) is 10.2 Å². The minimum Gasteiger partial charge on any atom is -0.423 e. The molecule has 36 heavy (non-hydrogen) atoms. The molecule has 1 atom stereocenters. The Morgan fingerprint density at radius 2 is 1.44 bits per heavy atom. The van der Waals surface area contributed by atoms with Crippen LogP contribution < -0.4 is 14.8 Å². The van der Waals surface area contributed by atoms with Gasteiger partial charge in [-0.3, -0.25) is 14.4 Å². The van der Waals surface area contributed by atoms with E-state index in [2.05, 4.69) is 5.32 Å². The van der Waals surface area contributed by atoms with Crippen LogP contribution in [0.25, 0.3) is 0 Å². The fourth-order valence-corrected chi connectivity index (χ4v) is 4.70. The lowest BCUT2D eigenvalue weighted by Crippen LogP contribution is -2.64. The molecule has 0 aromatic heterocycles. The van der Waals surface area contributed by atoms with Crippen molar-refractivity contribution in [2.75, 3.05) is 13.1 Å². The van der Waals surface area contributed by atoms with E-state index >= 15 is 0 Å². The van der Waals surface area contributed by atoms with E-state index in [1.54, 1.807) is 18.2 Å². The molecule has 0 aliphatic carbocycles. The van der Waals surface area contributed by atoms with Gasteiger partial charge in [0.2, 0.25) is 5.91 Å². The third-order valence-corrected chi connectivity index (χ3v) is 6.22. The van der Waals surface area contributed by atoms with Crippen LogP contribution in [0.2, 0.25) is 0 Å². The molecule has 4 rings (SSSR count). The fourth-order valence-electron chi connectivity index (χ4n) is 4.70. The van der Waals surface area contributed by atoms with Crippen LogP contribution in [0.4, 0.5) is 0 Å².